The maximum Gasteiger partial charge on any atom is 0.311 e. The van der Waals surface area contributed by atoms with Gasteiger partial charge in [0.05, 0.1) is 5.41 Å². The van der Waals surface area contributed by atoms with Crippen LogP contribution >= 0.6 is 11.3 Å². The van der Waals surface area contributed by atoms with E-state index < -0.39 is 11.4 Å². The first-order valence-corrected chi connectivity index (χ1v) is 8.33. The lowest BCUT2D eigenvalue weighted by atomic mass is 10.1. The van der Waals surface area contributed by atoms with Crippen LogP contribution < -0.4 is 14.8 Å². The first-order valence-electron chi connectivity index (χ1n) is 7.45. The molecule has 1 aliphatic carbocycles. The summed E-state index contributed by atoms with van der Waals surface area (Å²) in [5, 5.41) is 14.2. The van der Waals surface area contributed by atoms with Gasteiger partial charge < -0.3 is 19.9 Å². The van der Waals surface area contributed by atoms with E-state index >= 15 is 0 Å². The Labute approximate surface area is 141 Å². The quantitative estimate of drug-likeness (QED) is 0.861. The smallest absolute Gasteiger partial charge is 0.311 e. The van der Waals surface area contributed by atoms with E-state index in [4.69, 9.17) is 14.6 Å². The monoisotopic (exact) mass is 346 g/mol. The first-order chi connectivity index (χ1) is 11.6. The Kier molecular flexibility index (Phi) is 3.42. The minimum Gasteiger partial charge on any atom is -0.481 e. The topological polar surface area (TPSA) is 97.8 Å². The van der Waals surface area contributed by atoms with Crippen LogP contribution in [0.5, 0.6) is 11.5 Å². The average molecular weight is 346 g/mol. The van der Waals surface area contributed by atoms with Gasteiger partial charge in [-0.15, -0.1) is 11.3 Å². The summed E-state index contributed by atoms with van der Waals surface area (Å²) in [5.41, 5.74) is 0.340. The summed E-state index contributed by atoms with van der Waals surface area (Å²) < 4.78 is 10.6. The van der Waals surface area contributed by atoms with Crippen molar-refractivity contribution in [3.8, 4) is 22.1 Å². The number of aliphatic carboxylic acids is 1. The molecule has 0 spiro atoms. The van der Waals surface area contributed by atoms with E-state index in [1.54, 1.807) is 5.38 Å². The number of rotatable bonds is 5. The van der Waals surface area contributed by atoms with Crippen molar-refractivity contribution in [3.05, 3.63) is 29.3 Å². The number of nitrogens with zero attached hydrogens (tertiary/aromatic N) is 1. The highest BCUT2D eigenvalue weighted by molar-refractivity contribution is 7.13. The third kappa shape index (κ3) is 2.58. The number of carbonyl (C=O) groups excluding carboxylic acids is 1. The van der Waals surface area contributed by atoms with E-state index in [2.05, 4.69) is 10.3 Å². The van der Waals surface area contributed by atoms with Crippen LogP contribution in [-0.2, 0) is 4.79 Å². The lowest BCUT2D eigenvalue weighted by molar-refractivity contribution is -0.143. The number of nitrogens with one attached hydrogen (secondary N) is 1. The normalized spacial score (nSPS) is 16.7. The highest BCUT2D eigenvalue weighted by atomic mass is 32.1. The van der Waals surface area contributed by atoms with Crippen molar-refractivity contribution in [2.45, 2.75) is 12.8 Å². The van der Waals surface area contributed by atoms with Crippen molar-refractivity contribution in [1.82, 2.24) is 10.3 Å². The first kappa shape index (κ1) is 14.9. The Morgan fingerprint density at radius 2 is 2.08 bits per heavy atom. The summed E-state index contributed by atoms with van der Waals surface area (Å²) in [7, 11) is 0. The number of benzene rings is 1. The lowest BCUT2D eigenvalue weighted by Gasteiger charge is -2.09. The van der Waals surface area contributed by atoms with E-state index in [1.807, 2.05) is 18.2 Å². The molecule has 4 rings (SSSR count). The third-order valence-corrected chi connectivity index (χ3v) is 5.14. The SMILES string of the molecule is O=C(NCC1(C(=O)O)CC1)c1csc(-c2ccc3c(c2)OCO3)n1. The molecule has 1 amide bonds. The fraction of sp³-hybridized carbons (Fsp3) is 0.312. The molecule has 1 aromatic heterocycles. The number of carboxylic acids is 1. The Balaban J connectivity index is 1.46. The van der Waals surface area contributed by atoms with Gasteiger partial charge in [0.25, 0.3) is 5.91 Å². The molecule has 0 saturated heterocycles. The summed E-state index contributed by atoms with van der Waals surface area (Å²) >= 11 is 1.35. The van der Waals surface area contributed by atoms with E-state index in [0.717, 1.165) is 5.56 Å². The molecular weight excluding hydrogens is 332 g/mol. The van der Waals surface area contributed by atoms with Gasteiger partial charge in [-0.25, -0.2) is 4.98 Å². The molecule has 1 fully saturated rings. The highest BCUT2D eigenvalue weighted by Crippen LogP contribution is 2.45. The molecule has 2 aromatic rings. The second-order valence-corrected chi connectivity index (χ2v) is 6.73. The zero-order valence-electron chi connectivity index (χ0n) is 12.6. The maximum absolute atomic E-state index is 12.2. The van der Waals surface area contributed by atoms with E-state index in [1.165, 1.54) is 11.3 Å². The van der Waals surface area contributed by atoms with E-state index in [9.17, 15) is 9.59 Å². The highest BCUT2D eigenvalue weighted by Gasteiger charge is 2.50. The number of ether oxygens (including phenoxy) is 2. The third-order valence-electron chi connectivity index (χ3n) is 4.25. The molecule has 2 N–H and O–H groups in total. The summed E-state index contributed by atoms with van der Waals surface area (Å²) in [4.78, 5) is 27.6. The molecule has 0 atom stereocenters. The Morgan fingerprint density at radius 3 is 2.83 bits per heavy atom. The molecule has 0 radical (unpaired) electrons. The van der Waals surface area contributed by atoms with Crippen molar-refractivity contribution in [2.24, 2.45) is 5.41 Å². The van der Waals surface area contributed by atoms with Crippen molar-refractivity contribution in [2.75, 3.05) is 13.3 Å². The van der Waals surface area contributed by atoms with Gasteiger partial charge >= 0.3 is 5.97 Å². The lowest BCUT2D eigenvalue weighted by Crippen LogP contribution is -2.34. The van der Waals surface area contributed by atoms with Crippen molar-refractivity contribution >= 4 is 23.2 Å². The fourth-order valence-corrected chi connectivity index (χ4v) is 3.29. The molecule has 0 unspecified atom stereocenters. The van der Waals surface area contributed by atoms with Crippen LogP contribution in [-0.4, -0.2) is 35.3 Å². The van der Waals surface area contributed by atoms with Gasteiger partial charge in [0, 0.05) is 17.5 Å². The molecule has 2 aliphatic rings. The second-order valence-electron chi connectivity index (χ2n) is 5.87. The molecule has 2 heterocycles. The average Bonchev–Trinajstić information content (AvgIpc) is 3.00. The molecule has 7 nitrogen and oxygen atoms in total. The molecule has 124 valence electrons. The van der Waals surface area contributed by atoms with Gasteiger partial charge in [0.2, 0.25) is 6.79 Å². The summed E-state index contributed by atoms with van der Waals surface area (Å²) in [6, 6.07) is 5.49. The van der Waals surface area contributed by atoms with Crippen LogP contribution in [0.3, 0.4) is 0 Å². The van der Waals surface area contributed by atoms with E-state index in [0.29, 0.717) is 29.3 Å². The molecule has 1 saturated carbocycles. The van der Waals surface area contributed by atoms with Crippen molar-refractivity contribution in [3.63, 3.8) is 0 Å². The van der Waals surface area contributed by atoms with Crippen LogP contribution in [0.2, 0.25) is 0 Å². The van der Waals surface area contributed by atoms with Crippen molar-refractivity contribution < 1.29 is 24.2 Å². The van der Waals surface area contributed by atoms with Crippen LogP contribution in [0.1, 0.15) is 23.3 Å². The Hall–Kier alpha value is -2.61. The molecule has 8 heteroatoms. The summed E-state index contributed by atoms with van der Waals surface area (Å²) in [6.45, 7) is 0.341. The molecule has 1 aliphatic heterocycles. The molecule has 1 aromatic carbocycles. The minimum absolute atomic E-state index is 0.137. The summed E-state index contributed by atoms with van der Waals surface area (Å²) in [6.07, 6.45) is 1.20. The number of hydrogen-bond acceptors (Lipinski definition) is 6. The van der Waals surface area contributed by atoms with Gasteiger partial charge in [-0.2, -0.15) is 0 Å². The second kappa shape index (κ2) is 5.48. The largest absolute Gasteiger partial charge is 0.481 e. The molecule has 24 heavy (non-hydrogen) atoms. The van der Waals surface area contributed by atoms with Gasteiger partial charge in [0.15, 0.2) is 11.5 Å². The minimum atomic E-state index is -0.859. The molecule has 0 bridgehead atoms. The van der Waals surface area contributed by atoms with Crippen LogP contribution in [0.15, 0.2) is 23.6 Å². The van der Waals surface area contributed by atoms with Gasteiger partial charge in [-0.1, -0.05) is 0 Å². The number of fused-ring (bicyclic) bond motifs is 1. The maximum atomic E-state index is 12.2. The standard InChI is InChI=1S/C16H14N2O5S/c19-13(17-7-16(3-4-16)15(20)21)10-6-24-14(18-10)9-1-2-11-12(5-9)23-8-22-11/h1-2,5-6H,3-4,7-8H2,(H,17,19)(H,20,21). The zero-order chi connectivity index (χ0) is 16.7. The fourth-order valence-electron chi connectivity index (χ4n) is 2.50. The number of carboxylic acid groups (broad SMARTS) is 1. The number of amides is 1. The Morgan fingerprint density at radius 1 is 1.29 bits per heavy atom. The van der Waals surface area contributed by atoms with Gasteiger partial charge in [-0.3, -0.25) is 9.59 Å². The van der Waals surface area contributed by atoms with Crippen LogP contribution in [0.25, 0.3) is 10.6 Å². The number of carbonyl (C=O) groups is 2. The molecular formula is C16H14N2O5S. The number of thiazole rings is 1. The van der Waals surface area contributed by atoms with Crippen LogP contribution in [0.4, 0.5) is 0 Å². The van der Waals surface area contributed by atoms with Crippen LogP contribution in [0, 0.1) is 5.41 Å². The predicted molar refractivity (Wildman–Crippen MR) is 85.3 cm³/mol. The zero-order valence-corrected chi connectivity index (χ0v) is 13.4. The van der Waals surface area contributed by atoms with E-state index in [-0.39, 0.29) is 24.9 Å². The number of aromatic nitrogens is 1. The van der Waals surface area contributed by atoms with Crippen molar-refractivity contribution in [1.29, 1.82) is 0 Å². The summed E-state index contributed by atoms with van der Waals surface area (Å²) in [5.74, 6) is 0.135. The van der Waals surface area contributed by atoms with Gasteiger partial charge in [-0.05, 0) is 31.0 Å². The Bertz CT molecular complexity index is 828. The number of hydrogen-bond donors (Lipinski definition) is 2. The predicted octanol–water partition coefficient (Wildman–Crippen LogP) is 2.13. The van der Waals surface area contributed by atoms with Gasteiger partial charge in [0.1, 0.15) is 10.7 Å².